The van der Waals surface area contributed by atoms with Crippen LogP contribution in [0.5, 0.6) is 0 Å². The zero-order valence-electron chi connectivity index (χ0n) is 9.47. The van der Waals surface area contributed by atoms with E-state index < -0.39 is 5.41 Å². The minimum Gasteiger partial charge on any atom is -0.353 e. The Balaban J connectivity index is 2.32. The highest BCUT2D eigenvalue weighted by Gasteiger charge is 2.23. The van der Waals surface area contributed by atoms with E-state index in [1.807, 2.05) is 13.8 Å². The lowest BCUT2D eigenvalue weighted by Gasteiger charge is -2.24. The Kier molecular flexibility index (Phi) is 4.10. The molecule has 0 aromatic carbocycles. The van der Waals surface area contributed by atoms with Crippen molar-refractivity contribution in [1.29, 1.82) is 5.26 Å². The summed E-state index contributed by atoms with van der Waals surface area (Å²) in [4.78, 5) is 11.7. The summed E-state index contributed by atoms with van der Waals surface area (Å²) in [6.45, 7) is 4.98. The summed E-state index contributed by atoms with van der Waals surface area (Å²) in [5.41, 5.74) is -0.482. The van der Waals surface area contributed by atoms with Crippen LogP contribution in [-0.4, -0.2) is 25.0 Å². The molecule has 0 bridgehead atoms. The minimum absolute atomic E-state index is 0.0259. The van der Waals surface area contributed by atoms with Gasteiger partial charge in [-0.15, -0.1) is 0 Å². The fourth-order valence-corrected chi connectivity index (χ4v) is 1.55. The molecule has 0 aromatic heterocycles. The highest BCUT2D eigenvalue weighted by atomic mass is 16.2. The van der Waals surface area contributed by atoms with Gasteiger partial charge < -0.3 is 10.6 Å². The van der Waals surface area contributed by atoms with Crippen molar-refractivity contribution in [3.8, 4) is 6.07 Å². The van der Waals surface area contributed by atoms with E-state index in [2.05, 4.69) is 16.7 Å². The Hall–Kier alpha value is -1.08. The molecule has 0 radical (unpaired) electrons. The Labute approximate surface area is 91.0 Å². The lowest BCUT2D eigenvalue weighted by atomic mass is 9.95. The number of hydrogen-bond acceptors (Lipinski definition) is 3. The second-order valence-corrected chi connectivity index (χ2v) is 4.72. The highest BCUT2D eigenvalue weighted by Crippen LogP contribution is 2.11. The molecule has 2 N–H and O–H groups in total. The zero-order chi connectivity index (χ0) is 11.3. The van der Waals surface area contributed by atoms with Crippen molar-refractivity contribution in [2.24, 2.45) is 5.41 Å². The summed E-state index contributed by atoms with van der Waals surface area (Å²) in [6.07, 6.45) is 3.15. The largest absolute Gasteiger partial charge is 0.353 e. The van der Waals surface area contributed by atoms with Crippen LogP contribution < -0.4 is 10.6 Å². The average Bonchev–Trinajstić information content (AvgIpc) is 2.27. The molecule has 0 unspecified atom stereocenters. The van der Waals surface area contributed by atoms with E-state index in [9.17, 15) is 4.79 Å². The van der Waals surface area contributed by atoms with Gasteiger partial charge in [0.25, 0.3) is 0 Å². The van der Waals surface area contributed by atoms with Gasteiger partial charge in [-0.05, 0) is 33.2 Å². The average molecular weight is 209 g/mol. The van der Waals surface area contributed by atoms with Gasteiger partial charge in [0.05, 0.1) is 17.5 Å². The normalized spacial score (nSPS) is 21.8. The van der Waals surface area contributed by atoms with Crippen molar-refractivity contribution in [2.75, 3.05) is 13.1 Å². The van der Waals surface area contributed by atoms with E-state index in [4.69, 9.17) is 5.26 Å². The van der Waals surface area contributed by atoms with Gasteiger partial charge in [0.1, 0.15) is 0 Å². The van der Waals surface area contributed by atoms with Crippen LogP contribution in [0, 0.1) is 16.7 Å². The molecule has 1 rings (SSSR count). The SMILES string of the molecule is CC(C)(C#N)CNC(=O)[C@H]1CCCCN1. The quantitative estimate of drug-likeness (QED) is 0.722. The van der Waals surface area contributed by atoms with Crippen LogP contribution in [0.4, 0.5) is 0 Å². The maximum atomic E-state index is 11.7. The lowest BCUT2D eigenvalue weighted by molar-refractivity contribution is -0.123. The lowest BCUT2D eigenvalue weighted by Crippen LogP contribution is -2.48. The van der Waals surface area contributed by atoms with Gasteiger partial charge in [0.15, 0.2) is 0 Å². The molecule has 15 heavy (non-hydrogen) atoms. The van der Waals surface area contributed by atoms with Crippen molar-refractivity contribution in [2.45, 2.75) is 39.2 Å². The summed E-state index contributed by atoms with van der Waals surface area (Å²) in [5, 5.41) is 14.8. The fourth-order valence-electron chi connectivity index (χ4n) is 1.55. The van der Waals surface area contributed by atoms with Crippen LogP contribution in [0.15, 0.2) is 0 Å². The molecule has 1 aliphatic rings. The maximum Gasteiger partial charge on any atom is 0.237 e. The maximum absolute atomic E-state index is 11.7. The van der Waals surface area contributed by atoms with Crippen LogP contribution in [0.1, 0.15) is 33.1 Å². The molecular formula is C11H19N3O. The molecule has 1 fully saturated rings. The molecule has 4 nitrogen and oxygen atoms in total. The molecular weight excluding hydrogens is 190 g/mol. The number of nitrogens with one attached hydrogen (secondary N) is 2. The third-order valence-corrected chi connectivity index (χ3v) is 2.63. The standard InChI is InChI=1S/C11H19N3O/c1-11(2,7-12)8-14-10(15)9-5-3-4-6-13-9/h9,13H,3-6,8H2,1-2H3,(H,14,15)/t9-/m1/s1. The molecule has 0 spiro atoms. The van der Waals surface area contributed by atoms with Gasteiger partial charge in [-0.3, -0.25) is 4.79 Å². The Bertz CT molecular complexity index is 261. The zero-order valence-corrected chi connectivity index (χ0v) is 9.47. The van der Waals surface area contributed by atoms with Gasteiger partial charge in [0, 0.05) is 6.54 Å². The van der Waals surface area contributed by atoms with Crippen LogP contribution in [0.2, 0.25) is 0 Å². The first kappa shape index (κ1) is 12.0. The second-order valence-electron chi connectivity index (χ2n) is 4.72. The molecule has 84 valence electrons. The van der Waals surface area contributed by atoms with Crippen LogP contribution >= 0.6 is 0 Å². The molecule has 0 saturated carbocycles. The monoisotopic (exact) mass is 209 g/mol. The second kappa shape index (κ2) is 5.13. The van der Waals surface area contributed by atoms with E-state index in [1.54, 1.807) is 0 Å². The van der Waals surface area contributed by atoms with Crippen molar-refractivity contribution < 1.29 is 4.79 Å². The van der Waals surface area contributed by atoms with Crippen molar-refractivity contribution in [1.82, 2.24) is 10.6 Å². The van der Waals surface area contributed by atoms with E-state index >= 15 is 0 Å². The third-order valence-electron chi connectivity index (χ3n) is 2.63. The Morgan fingerprint density at radius 3 is 2.87 bits per heavy atom. The predicted octanol–water partition coefficient (Wildman–Crippen LogP) is 0.794. The minimum atomic E-state index is -0.482. The smallest absolute Gasteiger partial charge is 0.237 e. The molecule has 1 amide bonds. The van der Waals surface area contributed by atoms with Gasteiger partial charge in [-0.1, -0.05) is 6.42 Å². The number of hydrogen-bond donors (Lipinski definition) is 2. The number of carbonyl (C=O) groups is 1. The van der Waals surface area contributed by atoms with Gasteiger partial charge in [0.2, 0.25) is 5.91 Å². The number of nitriles is 1. The molecule has 0 aromatic rings. The number of nitrogens with zero attached hydrogens (tertiary/aromatic N) is 1. The van der Waals surface area contributed by atoms with Crippen molar-refractivity contribution in [3.63, 3.8) is 0 Å². The topological polar surface area (TPSA) is 64.9 Å². The summed E-state index contributed by atoms with van der Waals surface area (Å²) in [7, 11) is 0. The predicted molar refractivity (Wildman–Crippen MR) is 58.0 cm³/mol. The first-order valence-electron chi connectivity index (χ1n) is 5.47. The molecule has 1 heterocycles. The van der Waals surface area contributed by atoms with Gasteiger partial charge in [-0.25, -0.2) is 0 Å². The molecule has 1 saturated heterocycles. The molecule has 0 aliphatic carbocycles. The Morgan fingerprint density at radius 2 is 2.33 bits per heavy atom. The number of rotatable bonds is 3. The number of piperidine rings is 1. The van der Waals surface area contributed by atoms with E-state index in [-0.39, 0.29) is 11.9 Å². The number of amides is 1. The molecule has 1 atom stereocenters. The van der Waals surface area contributed by atoms with E-state index in [0.29, 0.717) is 6.54 Å². The fraction of sp³-hybridized carbons (Fsp3) is 0.818. The first-order chi connectivity index (χ1) is 7.05. The van der Waals surface area contributed by atoms with Gasteiger partial charge in [-0.2, -0.15) is 5.26 Å². The highest BCUT2D eigenvalue weighted by molar-refractivity contribution is 5.81. The third kappa shape index (κ3) is 3.88. The molecule has 4 heteroatoms. The Morgan fingerprint density at radius 1 is 1.60 bits per heavy atom. The summed E-state index contributed by atoms with van der Waals surface area (Å²) in [6, 6.07) is 2.10. The van der Waals surface area contributed by atoms with Crippen molar-refractivity contribution in [3.05, 3.63) is 0 Å². The first-order valence-corrected chi connectivity index (χ1v) is 5.47. The van der Waals surface area contributed by atoms with Gasteiger partial charge >= 0.3 is 0 Å². The van der Waals surface area contributed by atoms with E-state index in [0.717, 1.165) is 25.8 Å². The van der Waals surface area contributed by atoms with Crippen LogP contribution in [0.3, 0.4) is 0 Å². The van der Waals surface area contributed by atoms with Crippen LogP contribution in [0.25, 0.3) is 0 Å². The summed E-state index contributed by atoms with van der Waals surface area (Å²) >= 11 is 0. The van der Waals surface area contributed by atoms with Crippen LogP contribution in [-0.2, 0) is 4.79 Å². The van der Waals surface area contributed by atoms with E-state index in [1.165, 1.54) is 0 Å². The molecule has 1 aliphatic heterocycles. The summed E-state index contributed by atoms with van der Waals surface area (Å²) < 4.78 is 0. The van der Waals surface area contributed by atoms with Crippen molar-refractivity contribution >= 4 is 5.91 Å². The number of carbonyl (C=O) groups excluding carboxylic acids is 1. The summed E-state index contributed by atoms with van der Waals surface area (Å²) in [5.74, 6) is 0.0259.